The standard InChI is InChI=1S/C16H26N4O3S/c17-15(22)12-2-1-3-19(9-12)14(21)7-11-6-13(18-8-11)16(23)20-4-5-24-10-20/h11-13,18H,1-10H2,(H2,17,22). The quantitative estimate of drug-likeness (QED) is 0.717. The van der Waals surface area contributed by atoms with E-state index >= 15 is 0 Å². The number of thioether (sulfide) groups is 1. The highest BCUT2D eigenvalue weighted by Crippen LogP contribution is 2.24. The lowest BCUT2D eigenvalue weighted by Gasteiger charge is -2.32. The topological polar surface area (TPSA) is 95.7 Å². The summed E-state index contributed by atoms with van der Waals surface area (Å²) in [6.45, 7) is 2.68. The van der Waals surface area contributed by atoms with Crippen molar-refractivity contribution in [3.05, 3.63) is 0 Å². The summed E-state index contributed by atoms with van der Waals surface area (Å²) in [4.78, 5) is 39.9. The molecule has 0 saturated carbocycles. The third kappa shape index (κ3) is 4.03. The van der Waals surface area contributed by atoms with Gasteiger partial charge in [0, 0.05) is 31.8 Å². The molecule has 3 N–H and O–H groups in total. The molecule has 7 nitrogen and oxygen atoms in total. The summed E-state index contributed by atoms with van der Waals surface area (Å²) < 4.78 is 0. The fourth-order valence-electron chi connectivity index (χ4n) is 3.77. The van der Waals surface area contributed by atoms with Gasteiger partial charge >= 0.3 is 0 Å². The Balaban J connectivity index is 1.47. The lowest BCUT2D eigenvalue weighted by atomic mass is 9.95. The molecule has 134 valence electrons. The van der Waals surface area contributed by atoms with Crippen LogP contribution in [0.4, 0.5) is 0 Å². The van der Waals surface area contributed by atoms with Crippen molar-refractivity contribution < 1.29 is 14.4 Å². The summed E-state index contributed by atoms with van der Waals surface area (Å²) in [5.41, 5.74) is 5.37. The van der Waals surface area contributed by atoms with Gasteiger partial charge in [-0.1, -0.05) is 0 Å². The molecule has 0 bridgehead atoms. The van der Waals surface area contributed by atoms with E-state index in [4.69, 9.17) is 5.73 Å². The van der Waals surface area contributed by atoms with E-state index in [0.29, 0.717) is 26.1 Å². The van der Waals surface area contributed by atoms with Gasteiger partial charge in [-0.2, -0.15) is 0 Å². The van der Waals surface area contributed by atoms with Crippen molar-refractivity contribution in [2.75, 3.05) is 37.8 Å². The summed E-state index contributed by atoms with van der Waals surface area (Å²) in [7, 11) is 0. The SMILES string of the molecule is NC(=O)C1CCCN(C(=O)CC2CNC(C(=O)N3CCSC3)C2)C1. The van der Waals surface area contributed by atoms with Crippen LogP contribution in [0.15, 0.2) is 0 Å². The van der Waals surface area contributed by atoms with Crippen LogP contribution < -0.4 is 11.1 Å². The van der Waals surface area contributed by atoms with Crippen LogP contribution in [0.5, 0.6) is 0 Å². The van der Waals surface area contributed by atoms with Crippen molar-refractivity contribution in [2.24, 2.45) is 17.6 Å². The van der Waals surface area contributed by atoms with E-state index in [0.717, 1.165) is 37.4 Å². The number of nitrogens with two attached hydrogens (primary N) is 1. The fraction of sp³-hybridized carbons (Fsp3) is 0.812. The Labute approximate surface area is 146 Å². The molecule has 3 unspecified atom stereocenters. The summed E-state index contributed by atoms with van der Waals surface area (Å²) in [6, 6.07) is -0.152. The summed E-state index contributed by atoms with van der Waals surface area (Å²) in [5, 5.41) is 3.27. The molecule has 3 aliphatic rings. The Kier molecular flexibility index (Phi) is 5.65. The average molecular weight is 354 g/mol. The molecule has 3 fully saturated rings. The van der Waals surface area contributed by atoms with E-state index < -0.39 is 0 Å². The zero-order valence-corrected chi connectivity index (χ0v) is 14.7. The number of rotatable bonds is 4. The lowest BCUT2D eigenvalue weighted by Crippen LogP contribution is -2.44. The fourth-order valence-corrected chi connectivity index (χ4v) is 4.73. The first-order chi connectivity index (χ1) is 11.5. The molecule has 8 heteroatoms. The van der Waals surface area contributed by atoms with Gasteiger partial charge in [0.1, 0.15) is 0 Å². The van der Waals surface area contributed by atoms with Crippen molar-refractivity contribution in [1.29, 1.82) is 0 Å². The number of hydrogen-bond donors (Lipinski definition) is 2. The Morgan fingerprint density at radius 1 is 1.21 bits per heavy atom. The summed E-state index contributed by atoms with van der Waals surface area (Å²) >= 11 is 1.78. The van der Waals surface area contributed by atoms with Crippen LogP contribution in [-0.2, 0) is 14.4 Å². The number of piperidine rings is 1. The smallest absolute Gasteiger partial charge is 0.240 e. The predicted molar refractivity (Wildman–Crippen MR) is 92.1 cm³/mol. The Morgan fingerprint density at radius 2 is 2.04 bits per heavy atom. The van der Waals surface area contributed by atoms with E-state index in [2.05, 4.69) is 5.32 Å². The van der Waals surface area contributed by atoms with Crippen LogP contribution >= 0.6 is 11.8 Å². The van der Waals surface area contributed by atoms with Crippen molar-refractivity contribution in [3.8, 4) is 0 Å². The van der Waals surface area contributed by atoms with Crippen LogP contribution in [0.25, 0.3) is 0 Å². The summed E-state index contributed by atoms with van der Waals surface area (Å²) in [6.07, 6.45) is 2.76. The molecule has 3 heterocycles. The van der Waals surface area contributed by atoms with Gasteiger partial charge in [0.25, 0.3) is 0 Å². The highest BCUT2D eigenvalue weighted by Gasteiger charge is 2.35. The minimum Gasteiger partial charge on any atom is -0.369 e. The molecule has 3 saturated heterocycles. The van der Waals surface area contributed by atoms with Crippen molar-refractivity contribution in [2.45, 2.75) is 31.7 Å². The van der Waals surface area contributed by atoms with Gasteiger partial charge in [-0.05, 0) is 31.7 Å². The third-order valence-electron chi connectivity index (χ3n) is 5.22. The number of nitrogens with one attached hydrogen (secondary N) is 1. The predicted octanol–water partition coefficient (Wildman–Crippen LogP) is -0.389. The maximum absolute atomic E-state index is 12.5. The molecule has 3 atom stereocenters. The van der Waals surface area contributed by atoms with Crippen molar-refractivity contribution >= 4 is 29.5 Å². The number of carbonyl (C=O) groups is 3. The highest BCUT2D eigenvalue weighted by atomic mass is 32.2. The molecule has 3 amide bonds. The second-order valence-corrected chi connectivity index (χ2v) is 8.06. The largest absolute Gasteiger partial charge is 0.369 e. The molecular formula is C16H26N4O3S. The van der Waals surface area contributed by atoms with Crippen LogP contribution in [-0.4, -0.2) is 71.4 Å². The molecule has 0 aromatic carbocycles. The van der Waals surface area contributed by atoms with E-state index in [-0.39, 0.29) is 35.6 Å². The first-order valence-corrected chi connectivity index (χ1v) is 9.87. The van der Waals surface area contributed by atoms with Crippen LogP contribution in [0, 0.1) is 11.8 Å². The van der Waals surface area contributed by atoms with Gasteiger partial charge in [0.05, 0.1) is 17.8 Å². The lowest BCUT2D eigenvalue weighted by molar-refractivity contribution is -0.136. The van der Waals surface area contributed by atoms with Gasteiger partial charge in [0.15, 0.2) is 0 Å². The molecule has 24 heavy (non-hydrogen) atoms. The van der Waals surface area contributed by atoms with Gasteiger partial charge in [0.2, 0.25) is 17.7 Å². The number of carbonyl (C=O) groups excluding carboxylic acids is 3. The molecule has 3 aliphatic heterocycles. The Morgan fingerprint density at radius 3 is 2.75 bits per heavy atom. The maximum Gasteiger partial charge on any atom is 0.240 e. The number of likely N-dealkylation sites (tertiary alicyclic amines) is 1. The Hall–Kier alpha value is -1.28. The van der Waals surface area contributed by atoms with E-state index in [1.54, 1.807) is 16.7 Å². The average Bonchev–Trinajstić information content (AvgIpc) is 3.26. The van der Waals surface area contributed by atoms with E-state index in [9.17, 15) is 14.4 Å². The molecule has 0 aromatic rings. The number of nitrogens with zero attached hydrogens (tertiary/aromatic N) is 2. The highest BCUT2D eigenvalue weighted by molar-refractivity contribution is 7.99. The number of hydrogen-bond acceptors (Lipinski definition) is 5. The molecule has 0 aromatic heterocycles. The van der Waals surface area contributed by atoms with Crippen molar-refractivity contribution in [1.82, 2.24) is 15.1 Å². The van der Waals surface area contributed by atoms with Crippen molar-refractivity contribution in [3.63, 3.8) is 0 Å². The van der Waals surface area contributed by atoms with E-state index in [1.807, 2.05) is 4.90 Å². The molecule has 3 rings (SSSR count). The monoisotopic (exact) mass is 354 g/mol. The second kappa shape index (κ2) is 7.74. The number of primary amides is 1. The number of amides is 3. The van der Waals surface area contributed by atoms with E-state index in [1.165, 1.54) is 0 Å². The molecule has 0 radical (unpaired) electrons. The minimum absolute atomic E-state index is 0.0811. The summed E-state index contributed by atoms with van der Waals surface area (Å²) in [5.74, 6) is 1.70. The van der Waals surface area contributed by atoms with Gasteiger partial charge in [-0.15, -0.1) is 11.8 Å². The van der Waals surface area contributed by atoms with Gasteiger partial charge < -0.3 is 20.9 Å². The maximum atomic E-state index is 12.5. The normalized spacial score (nSPS) is 30.6. The Bertz CT molecular complexity index is 510. The third-order valence-corrected chi connectivity index (χ3v) is 6.19. The zero-order chi connectivity index (χ0) is 17.1. The molecule has 0 aliphatic carbocycles. The zero-order valence-electron chi connectivity index (χ0n) is 13.9. The van der Waals surface area contributed by atoms with Gasteiger partial charge in [-0.25, -0.2) is 0 Å². The molecule has 0 spiro atoms. The van der Waals surface area contributed by atoms with Crippen LogP contribution in [0.3, 0.4) is 0 Å². The van der Waals surface area contributed by atoms with Crippen LogP contribution in [0.1, 0.15) is 25.7 Å². The minimum atomic E-state index is -0.316. The first kappa shape index (κ1) is 17.5. The van der Waals surface area contributed by atoms with Gasteiger partial charge in [-0.3, -0.25) is 14.4 Å². The first-order valence-electron chi connectivity index (χ1n) is 8.71. The molecular weight excluding hydrogens is 328 g/mol. The second-order valence-electron chi connectivity index (χ2n) is 6.99. The van der Waals surface area contributed by atoms with Crippen LogP contribution in [0.2, 0.25) is 0 Å².